The highest BCUT2D eigenvalue weighted by molar-refractivity contribution is 9.10. The Balaban J connectivity index is 2.68. The molecule has 2 nitrogen and oxygen atoms in total. The summed E-state index contributed by atoms with van der Waals surface area (Å²) in [6, 6.07) is 0.348. The first-order chi connectivity index (χ1) is 8.21. The third-order valence-corrected chi connectivity index (χ3v) is 3.09. The highest BCUT2D eigenvalue weighted by Gasteiger charge is 2.41. The van der Waals surface area contributed by atoms with Crippen LogP contribution in [0.15, 0.2) is 21.0 Å². The van der Waals surface area contributed by atoms with Crippen molar-refractivity contribution in [2.45, 2.75) is 19.1 Å². The number of halogens is 5. The van der Waals surface area contributed by atoms with E-state index >= 15 is 0 Å². The Bertz CT molecular complexity index is 605. The van der Waals surface area contributed by atoms with Crippen molar-refractivity contribution in [1.29, 1.82) is 0 Å². The lowest BCUT2D eigenvalue weighted by atomic mass is 10.1. The quantitative estimate of drug-likeness (QED) is 0.798. The van der Waals surface area contributed by atoms with E-state index in [4.69, 9.17) is 10.2 Å². The van der Waals surface area contributed by atoms with E-state index in [0.717, 1.165) is 6.07 Å². The summed E-state index contributed by atoms with van der Waals surface area (Å²) in [5.41, 5.74) is 5.04. The van der Waals surface area contributed by atoms with Crippen LogP contribution in [0.3, 0.4) is 0 Å². The van der Waals surface area contributed by atoms with Gasteiger partial charge in [-0.2, -0.15) is 13.2 Å². The molecule has 0 amide bonds. The van der Waals surface area contributed by atoms with Crippen LogP contribution in [0.1, 0.15) is 17.4 Å². The molecular weight excluding hydrogens is 318 g/mol. The van der Waals surface area contributed by atoms with Crippen molar-refractivity contribution >= 4 is 26.9 Å². The lowest BCUT2D eigenvalue weighted by molar-refractivity contribution is -0.152. The van der Waals surface area contributed by atoms with Gasteiger partial charge in [-0.15, -0.1) is 0 Å². The summed E-state index contributed by atoms with van der Waals surface area (Å²) in [6.07, 6.45) is -4.63. The van der Waals surface area contributed by atoms with Gasteiger partial charge in [-0.3, -0.25) is 0 Å². The van der Waals surface area contributed by atoms with E-state index in [9.17, 15) is 17.6 Å². The van der Waals surface area contributed by atoms with E-state index in [2.05, 4.69) is 15.9 Å². The number of fused-ring (bicyclic) bond motifs is 1. The zero-order chi connectivity index (χ0) is 13.7. The van der Waals surface area contributed by atoms with Crippen molar-refractivity contribution in [2.24, 2.45) is 5.73 Å². The minimum Gasteiger partial charge on any atom is -0.456 e. The Morgan fingerprint density at radius 2 is 1.94 bits per heavy atom. The molecule has 1 atom stereocenters. The van der Waals surface area contributed by atoms with E-state index in [1.165, 1.54) is 13.0 Å². The highest BCUT2D eigenvalue weighted by atomic mass is 79.9. The first kappa shape index (κ1) is 13.4. The van der Waals surface area contributed by atoms with Crippen LogP contribution in [-0.2, 0) is 0 Å². The molecule has 0 aliphatic carbocycles. The lowest BCUT2D eigenvalue weighted by Gasteiger charge is -2.13. The van der Waals surface area contributed by atoms with E-state index in [0.29, 0.717) is 4.47 Å². The van der Waals surface area contributed by atoms with Gasteiger partial charge in [0.15, 0.2) is 17.4 Å². The van der Waals surface area contributed by atoms with Crippen molar-refractivity contribution in [3.63, 3.8) is 0 Å². The fraction of sp³-hybridized carbons (Fsp3) is 0.273. The fourth-order valence-corrected chi connectivity index (χ4v) is 2.14. The molecule has 2 N–H and O–H groups in total. The van der Waals surface area contributed by atoms with Crippen molar-refractivity contribution in [3.05, 3.63) is 33.7 Å². The Kier molecular flexibility index (Phi) is 3.14. The van der Waals surface area contributed by atoms with E-state index in [-0.39, 0.29) is 16.5 Å². The minimum atomic E-state index is -4.63. The van der Waals surface area contributed by atoms with Crippen LogP contribution < -0.4 is 5.73 Å². The van der Waals surface area contributed by atoms with Crippen LogP contribution in [0.2, 0.25) is 0 Å². The maximum atomic E-state index is 13.6. The van der Waals surface area contributed by atoms with E-state index in [1.54, 1.807) is 0 Å². The Morgan fingerprint density at radius 1 is 1.33 bits per heavy atom. The summed E-state index contributed by atoms with van der Waals surface area (Å²) in [7, 11) is 0. The third-order valence-electron chi connectivity index (χ3n) is 2.63. The second kappa shape index (κ2) is 4.24. The second-order valence-electron chi connectivity index (χ2n) is 3.87. The largest absolute Gasteiger partial charge is 0.456 e. The van der Waals surface area contributed by atoms with Crippen LogP contribution in [0, 0.1) is 12.7 Å². The van der Waals surface area contributed by atoms with Crippen molar-refractivity contribution in [2.75, 3.05) is 0 Å². The van der Waals surface area contributed by atoms with Crippen LogP contribution >= 0.6 is 15.9 Å². The molecule has 0 bridgehead atoms. The topological polar surface area (TPSA) is 39.2 Å². The maximum Gasteiger partial charge on any atom is 0.410 e. The monoisotopic (exact) mass is 325 g/mol. The molecule has 0 fully saturated rings. The minimum absolute atomic E-state index is 0.190. The Morgan fingerprint density at radius 3 is 2.50 bits per heavy atom. The van der Waals surface area contributed by atoms with Crippen LogP contribution in [0.25, 0.3) is 11.0 Å². The zero-order valence-electron chi connectivity index (χ0n) is 9.11. The molecule has 7 heteroatoms. The molecule has 0 radical (unpaired) electrons. The molecule has 1 aromatic carbocycles. The van der Waals surface area contributed by atoms with E-state index < -0.39 is 23.8 Å². The number of rotatable bonds is 1. The van der Waals surface area contributed by atoms with E-state index in [1.807, 2.05) is 0 Å². The molecule has 0 saturated heterocycles. The van der Waals surface area contributed by atoms with Gasteiger partial charge in [0.1, 0.15) is 5.76 Å². The van der Waals surface area contributed by atoms with Crippen LogP contribution in [0.4, 0.5) is 17.6 Å². The van der Waals surface area contributed by atoms with Crippen molar-refractivity contribution in [3.8, 4) is 0 Å². The average Bonchev–Trinajstić information content (AvgIpc) is 2.54. The molecular formula is C11H8BrF4NO. The lowest BCUT2D eigenvalue weighted by Crippen LogP contribution is -2.28. The van der Waals surface area contributed by atoms with Crippen molar-refractivity contribution in [1.82, 2.24) is 0 Å². The summed E-state index contributed by atoms with van der Waals surface area (Å²) >= 11 is 3.07. The van der Waals surface area contributed by atoms with Gasteiger partial charge in [0, 0.05) is 15.4 Å². The number of hydrogen-bond donors (Lipinski definition) is 1. The average molecular weight is 326 g/mol. The van der Waals surface area contributed by atoms with Gasteiger partial charge in [0.2, 0.25) is 0 Å². The summed E-state index contributed by atoms with van der Waals surface area (Å²) < 4.78 is 56.5. The molecule has 98 valence electrons. The summed E-state index contributed by atoms with van der Waals surface area (Å²) in [5, 5.41) is 0.275. The number of hydrogen-bond acceptors (Lipinski definition) is 2. The number of furan rings is 1. The summed E-state index contributed by atoms with van der Waals surface area (Å²) in [4.78, 5) is 0. The van der Waals surface area contributed by atoms with Gasteiger partial charge in [0.25, 0.3) is 0 Å². The molecule has 0 spiro atoms. The number of benzene rings is 1. The normalized spacial score (nSPS) is 14.2. The van der Waals surface area contributed by atoms with Crippen LogP contribution in [0.5, 0.6) is 0 Å². The van der Waals surface area contributed by atoms with Gasteiger partial charge >= 0.3 is 6.18 Å². The van der Waals surface area contributed by atoms with Gasteiger partial charge in [-0.25, -0.2) is 4.39 Å². The predicted octanol–water partition coefficient (Wildman–Crippen LogP) is 4.20. The molecule has 0 aliphatic rings. The smallest absolute Gasteiger partial charge is 0.410 e. The molecule has 1 heterocycles. The first-order valence-corrected chi connectivity index (χ1v) is 5.71. The zero-order valence-corrected chi connectivity index (χ0v) is 10.7. The van der Waals surface area contributed by atoms with Gasteiger partial charge in [-0.1, -0.05) is 15.9 Å². The highest BCUT2D eigenvalue weighted by Crippen LogP contribution is 2.38. The first-order valence-electron chi connectivity index (χ1n) is 4.92. The molecule has 1 unspecified atom stereocenters. The molecule has 18 heavy (non-hydrogen) atoms. The molecule has 0 saturated carbocycles. The van der Waals surface area contributed by atoms with Gasteiger partial charge in [-0.05, 0) is 19.1 Å². The number of aryl methyl sites for hydroxylation is 1. The van der Waals surface area contributed by atoms with Gasteiger partial charge in [0.05, 0.1) is 0 Å². The Hall–Kier alpha value is -1.08. The van der Waals surface area contributed by atoms with Crippen molar-refractivity contribution < 1.29 is 22.0 Å². The summed E-state index contributed by atoms with van der Waals surface area (Å²) in [5.74, 6) is -1.20. The number of alkyl halides is 3. The molecule has 2 aromatic rings. The molecule has 0 aliphatic heterocycles. The predicted molar refractivity (Wildman–Crippen MR) is 61.6 cm³/mol. The third kappa shape index (κ3) is 2.12. The fourth-order valence-electron chi connectivity index (χ4n) is 1.71. The van der Waals surface area contributed by atoms with Crippen LogP contribution in [-0.4, -0.2) is 6.18 Å². The number of nitrogens with two attached hydrogens (primary N) is 1. The summed E-state index contributed by atoms with van der Waals surface area (Å²) in [6.45, 7) is 1.42. The standard InChI is InChI=1S/C11H8BrF4NO/c1-4-6-2-5(12)3-7(13)9(6)18-8(4)10(17)11(14,15)16/h2-3,10H,17H2,1H3. The SMILES string of the molecule is Cc1c(C(N)C(F)(F)F)oc2c(F)cc(Br)cc12. The molecule has 1 aromatic heterocycles. The maximum absolute atomic E-state index is 13.6. The van der Waals surface area contributed by atoms with Gasteiger partial charge < -0.3 is 10.2 Å². The Labute approximate surface area is 108 Å². The molecule has 2 rings (SSSR count). The second-order valence-corrected chi connectivity index (χ2v) is 4.79.